The maximum Gasteiger partial charge on any atom is 0.161 e. The van der Waals surface area contributed by atoms with Gasteiger partial charge in [0.1, 0.15) is 11.1 Å². The first kappa shape index (κ1) is 23.5. The van der Waals surface area contributed by atoms with Gasteiger partial charge in [-0.15, -0.1) is 0 Å². The average molecular weight is 527 g/mol. The number of furan rings is 1. The van der Waals surface area contributed by atoms with Crippen LogP contribution >= 0.6 is 0 Å². The normalized spacial score (nSPS) is 12.7. The van der Waals surface area contributed by atoms with Crippen LogP contribution in [0.15, 0.2) is 137 Å². The Hall–Kier alpha value is -5.41. The Labute approximate surface area is 237 Å². The lowest BCUT2D eigenvalue weighted by molar-refractivity contribution is 0.673. The zero-order valence-corrected chi connectivity index (χ0v) is 22.6. The highest BCUT2D eigenvalue weighted by molar-refractivity contribution is 6.28. The molecule has 8 aromatic rings. The molecule has 0 spiro atoms. The summed E-state index contributed by atoms with van der Waals surface area (Å²) < 4.78 is 9.07. The Morgan fingerprint density at radius 1 is 0.732 bits per heavy atom. The van der Waals surface area contributed by atoms with Gasteiger partial charge in [0.15, 0.2) is 5.58 Å². The van der Waals surface area contributed by atoms with E-state index in [0.29, 0.717) is 0 Å². The number of nitrogens with zero attached hydrogens (tertiary/aromatic N) is 2. The first-order valence-corrected chi connectivity index (χ1v) is 13.9. The number of hydrogen-bond acceptors (Lipinski definition) is 2. The molecular weight excluding hydrogens is 500 g/mol. The topological polar surface area (TPSA) is 29.9 Å². The van der Waals surface area contributed by atoms with Gasteiger partial charge in [-0.1, -0.05) is 97.1 Å². The number of aromatic nitrogens is 1. The van der Waals surface area contributed by atoms with Gasteiger partial charge in [0, 0.05) is 22.5 Å². The van der Waals surface area contributed by atoms with Crippen molar-refractivity contribution in [2.45, 2.75) is 6.92 Å². The smallest absolute Gasteiger partial charge is 0.161 e. The molecule has 0 aliphatic rings. The van der Waals surface area contributed by atoms with Gasteiger partial charge in [-0.3, -0.25) is 4.99 Å². The number of benzene rings is 5. The zero-order chi connectivity index (χ0) is 27.5. The molecule has 0 aliphatic heterocycles. The third-order valence-electron chi connectivity index (χ3n) is 8.18. The van der Waals surface area contributed by atoms with Crippen LogP contribution in [-0.4, -0.2) is 11.1 Å². The van der Waals surface area contributed by atoms with Gasteiger partial charge in [0.25, 0.3) is 0 Å². The summed E-state index contributed by atoms with van der Waals surface area (Å²) in [5.74, 6) is 0. The third kappa shape index (κ3) is 3.36. The number of rotatable bonds is 4. The first-order valence-electron chi connectivity index (χ1n) is 13.9. The highest BCUT2D eigenvalue weighted by Crippen LogP contribution is 2.43. The minimum absolute atomic E-state index is 0.907. The van der Waals surface area contributed by atoms with Crippen LogP contribution < -0.4 is 0 Å². The van der Waals surface area contributed by atoms with Crippen LogP contribution in [0.4, 0.5) is 0 Å². The van der Waals surface area contributed by atoms with E-state index in [2.05, 4.69) is 131 Å². The van der Waals surface area contributed by atoms with E-state index >= 15 is 0 Å². The summed E-state index contributed by atoms with van der Waals surface area (Å²) in [5, 5.41) is 7.08. The van der Waals surface area contributed by atoms with E-state index in [-0.39, 0.29) is 0 Å². The minimum atomic E-state index is 0.907. The van der Waals surface area contributed by atoms with Gasteiger partial charge < -0.3 is 8.82 Å². The maximum atomic E-state index is 6.66. The molecule has 3 aromatic heterocycles. The molecule has 0 atom stereocenters. The Morgan fingerprint density at radius 2 is 1.46 bits per heavy atom. The molecule has 3 nitrogen and oxygen atoms in total. The van der Waals surface area contributed by atoms with Crippen molar-refractivity contribution in [1.29, 1.82) is 0 Å². The molecule has 0 N–H and O–H groups in total. The van der Waals surface area contributed by atoms with Crippen molar-refractivity contribution in [3.05, 3.63) is 133 Å². The third-order valence-corrected chi connectivity index (χ3v) is 8.18. The Bertz CT molecular complexity index is 2400. The van der Waals surface area contributed by atoms with Gasteiger partial charge in [0.2, 0.25) is 0 Å². The van der Waals surface area contributed by atoms with Crippen LogP contribution in [0.25, 0.3) is 76.7 Å². The van der Waals surface area contributed by atoms with Gasteiger partial charge in [0.05, 0.1) is 16.4 Å². The van der Waals surface area contributed by atoms with E-state index in [1.165, 1.54) is 21.5 Å². The molecular formula is C38H26N2O. The Morgan fingerprint density at radius 3 is 2.29 bits per heavy atom. The number of fused-ring (bicyclic) bond motifs is 8. The summed E-state index contributed by atoms with van der Waals surface area (Å²) in [7, 11) is 0. The second-order valence-corrected chi connectivity index (χ2v) is 10.4. The SMILES string of the molecule is C=N/C=C(\C=C/C)c1ccccc1-c1ccc2c3oc4cccc5c6ccccc6c6ccccc6n(c2c1)c3c45. The van der Waals surface area contributed by atoms with Crippen LogP contribution in [0.3, 0.4) is 0 Å². The summed E-state index contributed by atoms with van der Waals surface area (Å²) in [6.45, 7) is 5.72. The summed E-state index contributed by atoms with van der Waals surface area (Å²) in [6.07, 6.45) is 5.93. The largest absolute Gasteiger partial charge is 0.454 e. The molecule has 0 fully saturated rings. The van der Waals surface area contributed by atoms with Crippen molar-refractivity contribution >= 4 is 72.3 Å². The number of allylic oxidation sites excluding steroid dienone is 3. The minimum Gasteiger partial charge on any atom is -0.454 e. The van der Waals surface area contributed by atoms with E-state index < -0.39 is 0 Å². The molecule has 0 unspecified atom stereocenters. The van der Waals surface area contributed by atoms with Crippen LogP contribution in [0.1, 0.15) is 12.5 Å². The van der Waals surface area contributed by atoms with E-state index in [0.717, 1.165) is 60.8 Å². The quantitative estimate of drug-likeness (QED) is 0.166. The van der Waals surface area contributed by atoms with Gasteiger partial charge in [-0.2, -0.15) is 0 Å². The van der Waals surface area contributed by atoms with E-state index in [9.17, 15) is 0 Å². The second kappa shape index (κ2) is 9.07. The number of para-hydroxylation sites is 1. The molecule has 5 aromatic carbocycles. The molecule has 0 bridgehead atoms. The average Bonchev–Trinajstić information content (AvgIpc) is 3.54. The maximum absolute atomic E-state index is 6.66. The fraction of sp³-hybridized carbons (Fsp3) is 0.0263. The van der Waals surface area contributed by atoms with Crippen molar-refractivity contribution in [3.8, 4) is 11.1 Å². The monoisotopic (exact) mass is 526 g/mol. The number of aliphatic imine (C=N–C) groups is 1. The molecule has 0 radical (unpaired) electrons. The van der Waals surface area contributed by atoms with Crippen molar-refractivity contribution in [3.63, 3.8) is 0 Å². The lowest BCUT2D eigenvalue weighted by atomic mass is 9.94. The highest BCUT2D eigenvalue weighted by Gasteiger charge is 2.21. The van der Waals surface area contributed by atoms with Gasteiger partial charge >= 0.3 is 0 Å². The summed E-state index contributed by atoms with van der Waals surface area (Å²) in [5.41, 5.74) is 9.61. The van der Waals surface area contributed by atoms with Crippen molar-refractivity contribution in [2.75, 3.05) is 0 Å². The van der Waals surface area contributed by atoms with Gasteiger partial charge in [-0.25, -0.2) is 0 Å². The second-order valence-electron chi connectivity index (χ2n) is 10.4. The molecule has 3 heteroatoms. The summed E-state index contributed by atoms with van der Waals surface area (Å²) in [4.78, 5) is 4.08. The van der Waals surface area contributed by atoms with Crippen molar-refractivity contribution < 1.29 is 4.42 Å². The van der Waals surface area contributed by atoms with Crippen LogP contribution in [0.2, 0.25) is 0 Å². The van der Waals surface area contributed by atoms with Crippen LogP contribution in [0, 0.1) is 0 Å². The van der Waals surface area contributed by atoms with Crippen LogP contribution in [-0.2, 0) is 0 Å². The standard InChI is InChI=1S/C38H26N2O/c1-3-11-25(23-39-2)27-13-5-4-12-26(27)24-20-21-32-34(22-24)40-33-18-9-8-16-30(33)28-14-6-7-15-29(28)31-17-10-19-35-36(31)37(40)38(32)41-35/h3-23H,2H2,1H3/b11-3-,25-23+. The predicted molar refractivity (Wildman–Crippen MR) is 175 cm³/mol. The summed E-state index contributed by atoms with van der Waals surface area (Å²) in [6, 6.07) is 39.0. The molecule has 0 amide bonds. The zero-order valence-electron chi connectivity index (χ0n) is 22.6. The fourth-order valence-corrected chi connectivity index (χ4v) is 6.52. The van der Waals surface area contributed by atoms with E-state index in [1.807, 2.05) is 19.2 Å². The summed E-state index contributed by atoms with van der Waals surface area (Å²) >= 11 is 0. The molecule has 3 heterocycles. The van der Waals surface area contributed by atoms with E-state index in [4.69, 9.17) is 4.42 Å². The number of hydrogen-bond donors (Lipinski definition) is 0. The van der Waals surface area contributed by atoms with E-state index in [1.54, 1.807) is 0 Å². The Kier molecular flexibility index (Phi) is 5.19. The highest BCUT2D eigenvalue weighted by atomic mass is 16.3. The van der Waals surface area contributed by atoms with Crippen LogP contribution in [0.5, 0.6) is 0 Å². The predicted octanol–water partition coefficient (Wildman–Crippen LogP) is 10.6. The van der Waals surface area contributed by atoms with Gasteiger partial charge in [-0.05, 0) is 70.8 Å². The molecule has 8 rings (SSSR count). The lowest BCUT2D eigenvalue weighted by Gasteiger charge is -2.12. The van der Waals surface area contributed by atoms with Crippen molar-refractivity contribution in [1.82, 2.24) is 4.40 Å². The lowest BCUT2D eigenvalue weighted by Crippen LogP contribution is -1.91. The van der Waals surface area contributed by atoms with Crippen molar-refractivity contribution in [2.24, 2.45) is 4.99 Å². The fourth-order valence-electron chi connectivity index (χ4n) is 6.52. The molecule has 0 saturated heterocycles. The molecule has 0 saturated carbocycles. The Balaban J connectivity index is 1.58. The molecule has 194 valence electrons. The molecule has 0 aliphatic carbocycles. The molecule has 41 heavy (non-hydrogen) atoms. The first-order chi connectivity index (χ1) is 20.3.